The fourth-order valence-electron chi connectivity index (χ4n) is 5.97. The van der Waals surface area contributed by atoms with Gasteiger partial charge >= 0.3 is 0 Å². The van der Waals surface area contributed by atoms with Crippen LogP contribution in [0.5, 0.6) is 11.5 Å². The smallest absolute Gasteiger partial charge is 0.137 e. The van der Waals surface area contributed by atoms with Crippen LogP contribution in [-0.4, -0.2) is 16.2 Å². The number of hydrogen-bond acceptors (Lipinski definition) is 4. The van der Waals surface area contributed by atoms with Crippen LogP contribution in [0.25, 0.3) is 27.6 Å². The molecule has 0 fully saturated rings. The molecule has 1 aliphatic heterocycles. The van der Waals surface area contributed by atoms with Crippen molar-refractivity contribution >= 4 is 33.2 Å². The Kier molecular flexibility index (Phi) is 6.01. The zero-order chi connectivity index (χ0) is 28.1. The predicted octanol–water partition coefficient (Wildman–Crippen LogP) is 8.96. The molecule has 0 bridgehead atoms. The van der Waals surface area contributed by atoms with Crippen LogP contribution < -0.4 is 14.5 Å². The van der Waals surface area contributed by atoms with Gasteiger partial charge in [-0.15, -0.1) is 0 Å². The number of nitrogens with zero attached hydrogens (tertiary/aromatic N) is 4. The van der Waals surface area contributed by atoms with Gasteiger partial charge in [0.1, 0.15) is 17.3 Å². The number of aryl methyl sites for hydroxylation is 2. The molecular weight excluding hydrogens is 504 g/mol. The highest BCUT2D eigenvalue weighted by Crippen LogP contribution is 2.37. The molecule has 0 saturated carbocycles. The van der Waals surface area contributed by atoms with E-state index in [1.807, 2.05) is 36.5 Å². The largest absolute Gasteiger partial charge is 0.457 e. The molecule has 3 heterocycles. The number of hydrogen-bond donors (Lipinski definition) is 0. The molecule has 7 rings (SSSR count). The maximum atomic E-state index is 6.46. The maximum absolute atomic E-state index is 6.46. The van der Waals surface area contributed by atoms with E-state index in [0.29, 0.717) is 0 Å². The zero-order valence-electron chi connectivity index (χ0n) is 23.8. The lowest BCUT2D eigenvalue weighted by Gasteiger charge is -2.26. The minimum atomic E-state index is 0.754. The summed E-state index contributed by atoms with van der Waals surface area (Å²) in [7, 11) is 0. The lowest BCUT2D eigenvalue weighted by molar-refractivity contribution is 0.483. The van der Waals surface area contributed by atoms with Crippen LogP contribution >= 0.6 is 0 Å². The standard InChI is InChI=1S/C36H32N4O/c1-24-20-25(2)27(4)36(26(24)3)39-19-18-38(23-39)28-10-9-11-29(21-28)41-30-15-16-32-31-12-5-6-13-33(31)40(34(32)22-30)35-14-7-8-17-37-35/h5-22H,23H2,1-4H3. The summed E-state index contributed by atoms with van der Waals surface area (Å²) in [6.45, 7) is 9.57. The van der Waals surface area contributed by atoms with E-state index in [2.05, 4.69) is 120 Å². The number of benzene rings is 4. The summed E-state index contributed by atoms with van der Waals surface area (Å²) >= 11 is 0. The SMILES string of the molecule is Cc1cc(C)c(C)c(N2C=CN(c3cccc(Oc4ccc5c6ccccc6n(-c6ccccn6)c5c4)c3)C2)c1C. The molecule has 0 aliphatic carbocycles. The second-order valence-electron chi connectivity index (χ2n) is 10.8. The van der Waals surface area contributed by atoms with Gasteiger partial charge in [-0.05, 0) is 92.4 Å². The van der Waals surface area contributed by atoms with Crippen molar-refractivity contribution in [2.75, 3.05) is 16.5 Å². The summed E-state index contributed by atoms with van der Waals surface area (Å²) in [5, 5.41) is 2.37. The molecule has 0 unspecified atom stereocenters. The Morgan fingerprint density at radius 1 is 0.634 bits per heavy atom. The Morgan fingerprint density at radius 2 is 1.37 bits per heavy atom. The van der Waals surface area contributed by atoms with Gasteiger partial charge in [-0.3, -0.25) is 4.57 Å². The van der Waals surface area contributed by atoms with E-state index in [9.17, 15) is 0 Å². The number of aromatic nitrogens is 2. The van der Waals surface area contributed by atoms with Crippen molar-refractivity contribution in [2.24, 2.45) is 0 Å². The first-order valence-corrected chi connectivity index (χ1v) is 14.0. The van der Waals surface area contributed by atoms with E-state index in [1.165, 1.54) is 38.7 Å². The minimum Gasteiger partial charge on any atom is -0.457 e. The van der Waals surface area contributed by atoms with Crippen molar-refractivity contribution < 1.29 is 4.74 Å². The first-order chi connectivity index (χ1) is 20.0. The first kappa shape index (κ1) is 25.0. The summed E-state index contributed by atoms with van der Waals surface area (Å²) in [6, 6.07) is 31.3. The molecule has 0 atom stereocenters. The third kappa shape index (κ3) is 4.30. The lowest BCUT2D eigenvalue weighted by Crippen LogP contribution is -2.26. The first-order valence-electron chi connectivity index (χ1n) is 14.0. The van der Waals surface area contributed by atoms with Crippen LogP contribution in [0.4, 0.5) is 11.4 Å². The molecule has 0 N–H and O–H groups in total. The van der Waals surface area contributed by atoms with E-state index < -0.39 is 0 Å². The van der Waals surface area contributed by atoms with E-state index >= 15 is 0 Å². The molecular formula is C36H32N4O. The molecule has 202 valence electrons. The van der Waals surface area contributed by atoms with E-state index in [0.717, 1.165) is 40.7 Å². The van der Waals surface area contributed by atoms with Gasteiger partial charge in [-0.2, -0.15) is 0 Å². The fourth-order valence-corrected chi connectivity index (χ4v) is 5.97. The number of pyridine rings is 1. The summed E-state index contributed by atoms with van der Waals surface area (Å²) in [6.07, 6.45) is 6.15. The van der Waals surface area contributed by atoms with Crippen LogP contribution in [0.15, 0.2) is 110 Å². The number of fused-ring (bicyclic) bond motifs is 3. The van der Waals surface area contributed by atoms with Crippen LogP contribution in [0, 0.1) is 27.7 Å². The molecule has 0 saturated heterocycles. The lowest BCUT2D eigenvalue weighted by atomic mass is 9.98. The molecule has 2 aromatic heterocycles. The molecule has 0 spiro atoms. The quantitative estimate of drug-likeness (QED) is 0.220. The maximum Gasteiger partial charge on any atom is 0.137 e. The van der Waals surface area contributed by atoms with Crippen LogP contribution in [0.1, 0.15) is 22.3 Å². The molecule has 5 nitrogen and oxygen atoms in total. The Labute approximate surface area is 240 Å². The number of ether oxygens (including phenoxy) is 1. The van der Waals surface area contributed by atoms with Gasteiger partial charge in [-0.1, -0.05) is 36.4 Å². The van der Waals surface area contributed by atoms with Crippen molar-refractivity contribution in [1.29, 1.82) is 0 Å². The second kappa shape index (κ2) is 9.86. The summed E-state index contributed by atoms with van der Waals surface area (Å²) < 4.78 is 8.66. The third-order valence-corrected chi connectivity index (χ3v) is 8.25. The Bertz CT molecular complexity index is 1930. The normalized spacial score (nSPS) is 13.1. The Morgan fingerprint density at radius 3 is 2.17 bits per heavy atom. The van der Waals surface area contributed by atoms with Crippen molar-refractivity contribution in [1.82, 2.24) is 9.55 Å². The summed E-state index contributed by atoms with van der Waals surface area (Å²) in [5.41, 5.74) is 9.88. The minimum absolute atomic E-state index is 0.754. The second-order valence-corrected chi connectivity index (χ2v) is 10.8. The van der Waals surface area contributed by atoms with Crippen LogP contribution in [-0.2, 0) is 0 Å². The molecule has 0 amide bonds. The third-order valence-electron chi connectivity index (χ3n) is 8.25. The topological polar surface area (TPSA) is 33.5 Å². The van der Waals surface area contributed by atoms with Gasteiger partial charge in [0.05, 0.1) is 17.7 Å². The summed E-state index contributed by atoms with van der Waals surface area (Å²) in [4.78, 5) is 9.24. The highest BCUT2D eigenvalue weighted by Gasteiger charge is 2.21. The van der Waals surface area contributed by atoms with Gasteiger partial charge in [0.15, 0.2) is 0 Å². The monoisotopic (exact) mass is 536 g/mol. The number of anilines is 2. The van der Waals surface area contributed by atoms with Gasteiger partial charge in [0, 0.05) is 52.9 Å². The Hall–Kier alpha value is -5.03. The van der Waals surface area contributed by atoms with Crippen LogP contribution in [0.2, 0.25) is 0 Å². The zero-order valence-corrected chi connectivity index (χ0v) is 23.8. The predicted molar refractivity (Wildman–Crippen MR) is 169 cm³/mol. The molecule has 5 heteroatoms. The Balaban J connectivity index is 1.19. The van der Waals surface area contributed by atoms with Crippen LogP contribution in [0.3, 0.4) is 0 Å². The van der Waals surface area contributed by atoms with Gasteiger partial charge in [0.2, 0.25) is 0 Å². The molecule has 1 aliphatic rings. The molecule has 4 aromatic carbocycles. The van der Waals surface area contributed by atoms with Gasteiger partial charge in [-0.25, -0.2) is 4.98 Å². The molecule has 0 radical (unpaired) electrons. The average Bonchev–Trinajstić information content (AvgIpc) is 3.60. The van der Waals surface area contributed by atoms with E-state index in [4.69, 9.17) is 4.74 Å². The number of rotatable bonds is 5. The van der Waals surface area contributed by atoms with E-state index in [-0.39, 0.29) is 0 Å². The highest BCUT2D eigenvalue weighted by atomic mass is 16.5. The van der Waals surface area contributed by atoms with Gasteiger partial charge < -0.3 is 14.5 Å². The number of para-hydroxylation sites is 1. The summed E-state index contributed by atoms with van der Waals surface area (Å²) in [5.74, 6) is 2.47. The molecule has 41 heavy (non-hydrogen) atoms. The van der Waals surface area contributed by atoms with Gasteiger partial charge in [0.25, 0.3) is 0 Å². The van der Waals surface area contributed by atoms with E-state index in [1.54, 1.807) is 0 Å². The fraction of sp³-hybridized carbons (Fsp3) is 0.139. The highest BCUT2D eigenvalue weighted by molar-refractivity contribution is 6.09. The average molecular weight is 537 g/mol. The van der Waals surface area contributed by atoms with Crippen molar-refractivity contribution in [3.05, 3.63) is 132 Å². The van der Waals surface area contributed by atoms with Crippen molar-refractivity contribution in [3.63, 3.8) is 0 Å². The van der Waals surface area contributed by atoms with Crippen molar-refractivity contribution in [2.45, 2.75) is 27.7 Å². The van der Waals surface area contributed by atoms with Crippen molar-refractivity contribution in [3.8, 4) is 17.3 Å². The molecule has 6 aromatic rings.